The first kappa shape index (κ1) is 19.8. The predicted molar refractivity (Wildman–Crippen MR) is 102 cm³/mol. The van der Waals surface area contributed by atoms with Crippen molar-refractivity contribution in [2.75, 3.05) is 18.0 Å². The summed E-state index contributed by atoms with van der Waals surface area (Å²) in [7, 11) is 0. The van der Waals surface area contributed by atoms with Gasteiger partial charge < -0.3 is 15.7 Å². The molecule has 1 aromatic heterocycles. The van der Waals surface area contributed by atoms with Crippen molar-refractivity contribution in [3.8, 4) is 0 Å². The van der Waals surface area contributed by atoms with Crippen LogP contribution in [0.15, 0.2) is 46.7 Å². The highest BCUT2D eigenvalue weighted by Crippen LogP contribution is 2.28. The Morgan fingerprint density at radius 2 is 2.18 bits per heavy atom. The number of aromatic amines is 1. The zero-order valence-corrected chi connectivity index (χ0v) is 15.5. The fourth-order valence-electron chi connectivity index (χ4n) is 3.06. The molecule has 1 fully saturated rings. The molecule has 0 atom stereocenters. The highest BCUT2D eigenvalue weighted by atomic mass is 35.5. The van der Waals surface area contributed by atoms with Gasteiger partial charge >= 0.3 is 5.97 Å². The van der Waals surface area contributed by atoms with Crippen molar-refractivity contribution in [3.63, 3.8) is 0 Å². The second kappa shape index (κ2) is 8.39. The van der Waals surface area contributed by atoms with E-state index < -0.39 is 12.4 Å². The monoisotopic (exact) mass is 409 g/mol. The van der Waals surface area contributed by atoms with E-state index in [4.69, 9.17) is 17.3 Å². The summed E-state index contributed by atoms with van der Waals surface area (Å²) >= 11 is 6.06. The van der Waals surface area contributed by atoms with E-state index in [1.54, 1.807) is 18.2 Å². The Morgan fingerprint density at radius 1 is 1.43 bits per heavy atom. The van der Waals surface area contributed by atoms with Crippen LogP contribution in [0.25, 0.3) is 0 Å². The zero-order valence-electron chi connectivity index (χ0n) is 14.7. The summed E-state index contributed by atoms with van der Waals surface area (Å²) in [5.74, 6) is -1.27. The number of carboxylic acid groups (broad SMARTS) is 1. The van der Waals surface area contributed by atoms with Crippen molar-refractivity contribution in [3.05, 3.63) is 58.0 Å². The van der Waals surface area contributed by atoms with Gasteiger partial charge in [-0.15, -0.1) is 0 Å². The average Bonchev–Trinajstić information content (AvgIpc) is 3.11. The van der Waals surface area contributed by atoms with E-state index in [0.717, 1.165) is 0 Å². The molecule has 10 heteroatoms. The summed E-state index contributed by atoms with van der Waals surface area (Å²) in [6.07, 6.45) is -0.680. The molecule has 0 aliphatic carbocycles. The smallest absolute Gasteiger partial charge is 0.352 e. The summed E-state index contributed by atoms with van der Waals surface area (Å²) in [5, 5.41) is 16.1. The molecular weight excluding hydrogens is 392 g/mol. The second-order valence-electron chi connectivity index (χ2n) is 6.20. The number of carbonyl (C=O) groups is 1. The number of nitrogens with two attached hydrogens (primary N) is 1. The first-order valence-electron chi connectivity index (χ1n) is 8.43. The van der Waals surface area contributed by atoms with Crippen LogP contribution < -0.4 is 10.6 Å². The number of aliphatic carboxylic acids is 1. The number of hydrogen-bond acceptors (Lipinski definition) is 5. The number of rotatable bonds is 5. The van der Waals surface area contributed by atoms with E-state index in [-0.39, 0.29) is 24.4 Å². The Bertz CT molecular complexity index is 942. The zero-order chi connectivity index (χ0) is 20.3. The number of alkyl halides is 2. The topological polar surface area (TPSA) is 108 Å². The predicted octanol–water partition coefficient (Wildman–Crippen LogP) is 3.15. The van der Waals surface area contributed by atoms with E-state index in [1.165, 1.54) is 12.3 Å². The number of nitrogens with zero attached hydrogens (tertiary/aromatic N) is 3. The molecule has 1 aliphatic heterocycles. The third-order valence-corrected chi connectivity index (χ3v) is 4.80. The normalized spacial score (nSPS) is 18.0. The van der Waals surface area contributed by atoms with E-state index in [1.807, 2.05) is 4.90 Å². The lowest BCUT2D eigenvalue weighted by molar-refractivity contribution is -0.132. The van der Waals surface area contributed by atoms with Crippen LogP contribution in [0.4, 0.5) is 14.5 Å². The SMILES string of the molecule is N/C(C(=O)O)=C1/CN(c2cn[nH]c2Cl)CCC1=NCc1ccccc1C(F)F. The van der Waals surface area contributed by atoms with Crippen LogP contribution in [0.1, 0.15) is 24.0 Å². The summed E-state index contributed by atoms with van der Waals surface area (Å²) in [4.78, 5) is 17.7. The molecule has 3 rings (SSSR count). The Hall–Kier alpha value is -2.94. The van der Waals surface area contributed by atoms with Gasteiger partial charge in [0, 0.05) is 36.4 Å². The first-order valence-corrected chi connectivity index (χ1v) is 8.81. The quantitative estimate of drug-likeness (QED) is 0.657. The molecule has 0 amide bonds. The molecular formula is C18H18ClF2N5O2. The molecule has 0 unspecified atom stereocenters. The number of nitrogens with one attached hydrogen (secondary N) is 1. The lowest BCUT2D eigenvalue weighted by Gasteiger charge is -2.31. The molecule has 1 aliphatic rings. The van der Waals surface area contributed by atoms with Crippen LogP contribution in [0.3, 0.4) is 0 Å². The maximum Gasteiger partial charge on any atom is 0.352 e. The minimum absolute atomic E-state index is 0.0126. The van der Waals surface area contributed by atoms with E-state index in [9.17, 15) is 18.7 Å². The first-order chi connectivity index (χ1) is 13.4. The van der Waals surface area contributed by atoms with Gasteiger partial charge in [0.25, 0.3) is 6.43 Å². The van der Waals surface area contributed by atoms with E-state index in [0.29, 0.717) is 40.7 Å². The summed E-state index contributed by atoms with van der Waals surface area (Å²) in [6, 6.07) is 6.13. The van der Waals surface area contributed by atoms with Crippen molar-refractivity contribution in [1.29, 1.82) is 0 Å². The highest BCUT2D eigenvalue weighted by Gasteiger charge is 2.26. The maximum absolute atomic E-state index is 13.2. The molecule has 0 radical (unpaired) electrons. The fourth-order valence-corrected chi connectivity index (χ4v) is 3.28. The Labute approximate surface area is 164 Å². The van der Waals surface area contributed by atoms with Crippen molar-refractivity contribution in [2.45, 2.75) is 19.4 Å². The van der Waals surface area contributed by atoms with Crippen LogP contribution in [0, 0.1) is 0 Å². The molecule has 7 nitrogen and oxygen atoms in total. The molecule has 0 spiro atoms. The van der Waals surface area contributed by atoms with Crippen molar-refractivity contribution < 1.29 is 18.7 Å². The number of anilines is 1. The molecule has 2 heterocycles. The lowest BCUT2D eigenvalue weighted by atomic mass is 9.99. The molecule has 148 valence electrons. The van der Waals surface area contributed by atoms with Crippen molar-refractivity contribution >= 4 is 29.0 Å². The van der Waals surface area contributed by atoms with E-state index in [2.05, 4.69) is 15.2 Å². The Kier molecular flexibility index (Phi) is 5.93. The van der Waals surface area contributed by atoms with Gasteiger partial charge in [0.15, 0.2) is 0 Å². The highest BCUT2D eigenvalue weighted by molar-refractivity contribution is 6.32. The number of benzene rings is 1. The van der Waals surface area contributed by atoms with Crippen LogP contribution in [0.5, 0.6) is 0 Å². The maximum atomic E-state index is 13.2. The third kappa shape index (κ3) is 4.14. The summed E-state index contributed by atoms with van der Waals surface area (Å²) in [6.45, 7) is 0.691. The minimum Gasteiger partial charge on any atom is -0.477 e. The number of carboxylic acids is 1. The van der Waals surface area contributed by atoms with Crippen LogP contribution in [-0.4, -0.2) is 40.1 Å². The summed E-state index contributed by atoms with van der Waals surface area (Å²) < 4.78 is 26.3. The number of halogens is 3. The molecule has 1 aromatic carbocycles. The van der Waals surface area contributed by atoms with Gasteiger partial charge in [-0.25, -0.2) is 13.6 Å². The van der Waals surface area contributed by atoms with Gasteiger partial charge in [-0.3, -0.25) is 10.1 Å². The van der Waals surface area contributed by atoms with Gasteiger partial charge in [-0.1, -0.05) is 35.9 Å². The fraction of sp³-hybridized carbons (Fsp3) is 0.278. The largest absolute Gasteiger partial charge is 0.477 e. The number of H-pyrrole nitrogens is 1. The Morgan fingerprint density at radius 3 is 2.82 bits per heavy atom. The van der Waals surface area contributed by atoms with Gasteiger partial charge in [0.1, 0.15) is 10.9 Å². The molecule has 1 saturated heterocycles. The third-order valence-electron chi connectivity index (χ3n) is 4.52. The van der Waals surface area contributed by atoms with Crippen LogP contribution >= 0.6 is 11.6 Å². The standard InChI is InChI=1S/C18H18ClF2N5O2/c19-16-14(8-24-25-16)26-6-5-13(12(9-26)15(22)18(27)28)23-7-10-3-1-2-4-11(10)17(20)21/h1-4,8,17H,5-7,9,22H2,(H,24,25)(H,27,28)/b15-12-,23-13?. The number of aromatic nitrogens is 2. The van der Waals surface area contributed by atoms with E-state index >= 15 is 0 Å². The van der Waals surface area contributed by atoms with Gasteiger partial charge in [0.05, 0.1) is 18.4 Å². The number of aliphatic imine (C=N–C) groups is 1. The van der Waals surface area contributed by atoms with Crippen molar-refractivity contribution in [1.82, 2.24) is 10.2 Å². The molecule has 28 heavy (non-hydrogen) atoms. The van der Waals surface area contributed by atoms with Gasteiger partial charge in [0.2, 0.25) is 0 Å². The summed E-state index contributed by atoms with van der Waals surface area (Å²) in [5.41, 5.74) is 7.20. The number of piperidine rings is 1. The second-order valence-corrected chi connectivity index (χ2v) is 6.58. The molecule has 0 bridgehead atoms. The van der Waals surface area contributed by atoms with Gasteiger partial charge in [-0.2, -0.15) is 5.10 Å². The van der Waals surface area contributed by atoms with Crippen LogP contribution in [0.2, 0.25) is 5.15 Å². The molecule has 4 N–H and O–H groups in total. The molecule has 0 saturated carbocycles. The molecule has 2 aromatic rings. The van der Waals surface area contributed by atoms with Crippen molar-refractivity contribution in [2.24, 2.45) is 10.7 Å². The average molecular weight is 410 g/mol. The van der Waals surface area contributed by atoms with Gasteiger partial charge in [-0.05, 0) is 5.56 Å². The Balaban J connectivity index is 1.90. The number of hydrogen-bond donors (Lipinski definition) is 3. The van der Waals surface area contributed by atoms with Crippen LogP contribution in [-0.2, 0) is 11.3 Å². The minimum atomic E-state index is -2.61. The lowest BCUT2D eigenvalue weighted by Crippen LogP contribution is -2.38.